The van der Waals surface area contributed by atoms with Crippen molar-refractivity contribution in [3.63, 3.8) is 0 Å². The molecule has 0 aliphatic heterocycles. The Morgan fingerprint density at radius 3 is 2.83 bits per heavy atom. The van der Waals surface area contributed by atoms with Crippen molar-refractivity contribution in [1.29, 1.82) is 0 Å². The van der Waals surface area contributed by atoms with Gasteiger partial charge in [0.1, 0.15) is 11.8 Å². The second-order valence-electron chi connectivity index (χ2n) is 5.09. The molecule has 1 amide bonds. The highest BCUT2D eigenvalue weighted by Crippen LogP contribution is 2.19. The van der Waals surface area contributed by atoms with Gasteiger partial charge in [-0.25, -0.2) is 0 Å². The van der Waals surface area contributed by atoms with Crippen LogP contribution in [0.4, 0.5) is 0 Å². The van der Waals surface area contributed by atoms with Crippen LogP contribution in [0.1, 0.15) is 35.2 Å². The Morgan fingerprint density at radius 1 is 1.29 bits per heavy atom. The fourth-order valence-electron chi connectivity index (χ4n) is 2.08. The van der Waals surface area contributed by atoms with Crippen LogP contribution in [0.15, 0.2) is 45.6 Å². The van der Waals surface area contributed by atoms with E-state index in [9.17, 15) is 4.79 Å². The van der Waals surface area contributed by atoms with Gasteiger partial charge in [-0.2, -0.15) is 16.7 Å². The zero-order valence-corrected chi connectivity index (χ0v) is 14.0. The van der Waals surface area contributed by atoms with Gasteiger partial charge in [-0.15, -0.1) is 0 Å². The first-order valence-corrected chi connectivity index (χ1v) is 8.69. The lowest BCUT2D eigenvalue weighted by atomic mass is 10.2. The standard InChI is InChI=1S/C16H16N4O3S/c1-10(18-15(21)13-4-3-12(22-13)9-24-2)16-19-14(20-23-16)11-5-7-17-8-6-11/h3-8,10H,9H2,1-2H3,(H,18,21)/t10-/m1/s1. The third-order valence-corrected chi connectivity index (χ3v) is 3.84. The summed E-state index contributed by atoms with van der Waals surface area (Å²) in [6.07, 6.45) is 5.28. The summed E-state index contributed by atoms with van der Waals surface area (Å²) in [5.74, 6) is 2.21. The molecule has 0 fully saturated rings. The molecule has 0 spiro atoms. The van der Waals surface area contributed by atoms with Gasteiger partial charge in [0.2, 0.25) is 11.7 Å². The van der Waals surface area contributed by atoms with E-state index in [1.807, 2.05) is 6.26 Å². The van der Waals surface area contributed by atoms with E-state index >= 15 is 0 Å². The predicted molar refractivity (Wildman–Crippen MR) is 89.3 cm³/mol. The molecule has 0 bridgehead atoms. The lowest BCUT2D eigenvalue weighted by Gasteiger charge is -2.07. The molecular weight excluding hydrogens is 328 g/mol. The lowest BCUT2D eigenvalue weighted by molar-refractivity contribution is 0.0903. The maximum Gasteiger partial charge on any atom is 0.287 e. The Hall–Kier alpha value is -2.61. The molecule has 124 valence electrons. The molecule has 3 aromatic rings. The summed E-state index contributed by atoms with van der Waals surface area (Å²) in [7, 11) is 0. The zero-order chi connectivity index (χ0) is 16.9. The van der Waals surface area contributed by atoms with Crippen molar-refractivity contribution in [2.75, 3.05) is 6.26 Å². The minimum absolute atomic E-state index is 0.264. The predicted octanol–water partition coefficient (Wildman–Crippen LogP) is 3.08. The molecule has 1 atom stereocenters. The van der Waals surface area contributed by atoms with E-state index in [0.29, 0.717) is 11.7 Å². The lowest BCUT2D eigenvalue weighted by Crippen LogP contribution is -2.26. The number of thioether (sulfide) groups is 1. The first kappa shape index (κ1) is 16.3. The molecular formula is C16H16N4O3S. The van der Waals surface area contributed by atoms with Crippen LogP contribution >= 0.6 is 11.8 Å². The van der Waals surface area contributed by atoms with Gasteiger partial charge < -0.3 is 14.3 Å². The fourth-order valence-corrected chi connectivity index (χ4v) is 2.52. The summed E-state index contributed by atoms with van der Waals surface area (Å²) >= 11 is 1.63. The van der Waals surface area contributed by atoms with Crippen LogP contribution in [0.2, 0.25) is 0 Å². The number of hydrogen-bond donors (Lipinski definition) is 1. The molecule has 1 N–H and O–H groups in total. The van der Waals surface area contributed by atoms with Crippen LogP contribution in [-0.2, 0) is 5.75 Å². The quantitative estimate of drug-likeness (QED) is 0.734. The van der Waals surface area contributed by atoms with Gasteiger partial charge in [-0.3, -0.25) is 9.78 Å². The molecule has 24 heavy (non-hydrogen) atoms. The van der Waals surface area contributed by atoms with Crippen LogP contribution in [0, 0.1) is 0 Å². The van der Waals surface area contributed by atoms with Crippen molar-refractivity contribution < 1.29 is 13.7 Å². The van der Waals surface area contributed by atoms with Gasteiger partial charge in [-0.05, 0) is 37.4 Å². The molecule has 8 heteroatoms. The summed E-state index contributed by atoms with van der Waals surface area (Å²) < 4.78 is 10.7. The molecule has 3 heterocycles. The zero-order valence-electron chi connectivity index (χ0n) is 13.2. The highest BCUT2D eigenvalue weighted by atomic mass is 32.2. The van der Waals surface area contributed by atoms with Crippen LogP contribution in [0.5, 0.6) is 0 Å². The number of furan rings is 1. The molecule has 7 nitrogen and oxygen atoms in total. The average Bonchev–Trinajstić information content (AvgIpc) is 3.25. The number of rotatable bonds is 6. The number of aromatic nitrogens is 3. The second-order valence-corrected chi connectivity index (χ2v) is 5.95. The van der Waals surface area contributed by atoms with Crippen LogP contribution in [0.3, 0.4) is 0 Å². The van der Waals surface area contributed by atoms with E-state index in [0.717, 1.165) is 17.1 Å². The first-order valence-electron chi connectivity index (χ1n) is 7.30. The Balaban J connectivity index is 1.67. The molecule has 0 saturated heterocycles. The van der Waals surface area contributed by atoms with Crippen LogP contribution in [-0.4, -0.2) is 27.3 Å². The number of carbonyl (C=O) groups is 1. The highest BCUT2D eigenvalue weighted by molar-refractivity contribution is 7.97. The highest BCUT2D eigenvalue weighted by Gasteiger charge is 2.20. The summed E-state index contributed by atoms with van der Waals surface area (Å²) in [4.78, 5) is 20.5. The second kappa shape index (κ2) is 7.31. The molecule has 0 unspecified atom stereocenters. The van der Waals surface area contributed by atoms with Gasteiger partial charge in [0.25, 0.3) is 5.91 Å². The number of carbonyl (C=O) groups excluding carboxylic acids is 1. The van der Waals surface area contributed by atoms with Gasteiger partial charge in [-0.1, -0.05) is 5.16 Å². The molecule has 3 aromatic heterocycles. The van der Waals surface area contributed by atoms with E-state index in [2.05, 4.69) is 20.4 Å². The number of nitrogens with one attached hydrogen (secondary N) is 1. The van der Waals surface area contributed by atoms with Crippen molar-refractivity contribution in [2.45, 2.75) is 18.7 Å². The molecule has 0 aromatic carbocycles. The van der Waals surface area contributed by atoms with Crippen molar-refractivity contribution >= 4 is 17.7 Å². The van der Waals surface area contributed by atoms with Crippen molar-refractivity contribution in [1.82, 2.24) is 20.4 Å². The Labute approximate surface area is 142 Å². The maximum atomic E-state index is 12.2. The SMILES string of the molecule is CSCc1ccc(C(=O)N[C@H](C)c2nc(-c3ccncc3)no2)o1. The van der Waals surface area contributed by atoms with E-state index in [1.54, 1.807) is 55.3 Å². The molecule has 0 aliphatic rings. The van der Waals surface area contributed by atoms with Gasteiger partial charge in [0, 0.05) is 18.0 Å². The van der Waals surface area contributed by atoms with Gasteiger partial charge in [0.05, 0.1) is 5.75 Å². The fraction of sp³-hybridized carbons (Fsp3) is 0.250. The normalized spacial score (nSPS) is 12.1. The number of nitrogens with zero attached hydrogens (tertiary/aromatic N) is 3. The average molecular weight is 344 g/mol. The Kier molecular flexibility index (Phi) is 4.95. The van der Waals surface area contributed by atoms with Gasteiger partial charge in [0.15, 0.2) is 5.76 Å². The maximum absolute atomic E-state index is 12.2. The van der Waals surface area contributed by atoms with Crippen molar-refractivity contribution in [3.05, 3.63) is 54.1 Å². The molecule has 0 aliphatic carbocycles. The minimum Gasteiger partial charge on any atom is -0.455 e. The largest absolute Gasteiger partial charge is 0.455 e. The van der Waals surface area contributed by atoms with Crippen LogP contribution < -0.4 is 5.32 Å². The number of hydrogen-bond acceptors (Lipinski definition) is 7. The third kappa shape index (κ3) is 3.65. The smallest absolute Gasteiger partial charge is 0.287 e. The summed E-state index contributed by atoms with van der Waals surface area (Å²) in [5, 5.41) is 6.71. The number of amides is 1. The Morgan fingerprint density at radius 2 is 2.08 bits per heavy atom. The summed E-state index contributed by atoms with van der Waals surface area (Å²) in [5.41, 5.74) is 0.797. The monoisotopic (exact) mass is 344 g/mol. The van der Waals surface area contributed by atoms with E-state index in [-0.39, 0.29) is 11.7 Å². The first-order chi connectivity index (χ1) is 11.7. The molecule has 0 saturated carbocycles. The minimum atomic E-state index is -0.435. The van der Waals surface area contributed by atoms with Gasteiger partial charge >= 0.3 is 0 Å². The topological polar surface area (TPSA) is 94.1 Å². The summed E-state index contributed by atoms with van der Waals surface area (Å²) in [6.45, 7) is 1.77. The number of pyridine rings is 1. The van der Waals surface area contributed by atoms with Crippen molar-refractivity contribution in [2.24, 2.45) is 0 Å². The third-order valence-electron chi connectivity index (χ3n) is 3.27. The summed E-state index contributed by atoms with van der Waals surface area (Å²) in [6, 6.07) is 6.59. The van der Waals surface area contributed by atoms with E-state index in [1.165, 1.54) is 0 Å². The molecule has 0 radical (unpaired) electrons. The van der Waals surface area contributed by atoms with Crippen molar-refractivity contribution in [3.8, 4) is 11.4 Å². The van der Waals surface area contributed by atoms with Crippen LogP contribution in [0.25, 0.3) is 11.4 Å². The Bertz CT molecular complexity index is 816. The van der Waals surface area contributed by atoms with E-state index in [4.69, 9.17) is 8.94 Å². The van der Waals surface area contributed by atoms with E-state index < -0.39 is 6.04 Å². The molecule has 3 rings (SSSR count).